The van der Waals surface area contributed by atoms with E-state index in [0.717, 1.165) is 0 Å². The molecule has 0 unspecified atom stereocenters. The van der Waals surface area contributed by atoms with E-state index in [4.69, 9.17) is 17.2 Å². The zero-order chi connectivity index (χ0) is 41.1. The van der Waals surface area contributed by atoms with Crippen molar-refractivity contribution in [1.29, 1.82) is 0 Å². The van der Waals surface area contributed by atoms with Crippen molar-refractivity contribution >= 4 is 54.1 Å². The summed E-state index contributed by atoms with van der Waals surface area (Å²) in [6.07, 6.45) is 0.0867. The van der Waals surface area contributed by atoms with E-state index in [1.165, 1.54) is 24.3 Å². The molecule has 18 nitrogen and oxygen atoms in total. The number of aliphatic hydroxyl groups excluding tert-OH is 1. The molecule has 5 amide bonds. The van der Waals surface area contributed by atoms with Crippen LogP contribution in [-0.4, -0.2) is 112 Å². The lowest BCUT2D eigenvalue weighted by Gasteiger charge is -2.27. The first-order valence-corrected chi connectivity index (χ1v) is 18.3. The lowest BCUT2D eigenvalue weighted by atomic mass is 10.0. The van der Waals surface area contributed by atoms with Crippen LogP contribution in [0, 0.1) is 5.92 Å². The second kappa shape index (κ2) is 23.4. The largest absolute Gasteiger partial charge is 0.508 e. The molecule has 0 aliphatic rings. The average Bonchev–Trinajstić information content (AvgIpc) is 3.14. The third-order valence-corrected chi connectivity index (χ3v) is 8.57. The van der Waals surface area contributed by atoms with Crippen LogP contribution in [0.5, 0.6) is 5.75 Å². The highest BCUT2D eigenvalue weighted by Crippen LogP contribution is 2.13. The molecule has 0 heterocycles. The molecular weight excluding hydrogens is 735 g/mol. The standard InChI is InChI=1S/C36H53N9O9S/c1-20(2)15-28(35(53)54)44-33(51)26(16-21-7-4-3-5-8-21)42-31(49)25(9-6-14-40-36(38)39)41-32(50)27(17-22-10-12-23(47)13-11-22)43-34(52)29(18-46)45-30(48)24(37)19-55/h3-5,7-8,10-13,20,24-29,46-47,55H,6,9,14-19,37H2,1-2H3,(H,41,50)(H,42,49)(H,43,52)(H,44,51)(H,45,48)(H,53,54)(H4,38,39,40)/t24-,25-,26-,27-,28-,29-/m0/s1. The number of aromatic hydroxyl groups is 1. The fraction of sp³-hybridized carbons (Fsp3) is 0.472. The summed E-state index contributed by atoms with van der Waals surface area (Å²) in [5.74, 6) is -5.74. The smallest absolute Gasteiger partial charge is 0.326 e. The fourth-order valence-electron chi connectivity index (χ4n) is 5.25. The van der Waals surface area contributed by atoms with E-state index in [1.54, 1.807) is 44.2 Å². The molecule has 2 aromatic carbocycles. The number of rotatable bonds is 23. The molecule has 0 spiro atoms. The number of aliphatic carboxylic acids is 1. The quantitative estimate of drug-likeness (QED) is 0.0253. The van der Waals surface area contributed by atoms with Gasteiger partial charge in [-0.1, -0.05) is 56.3 Å². The number of amides is 5. The number of carbonyl (C=O) groups is 6. The summed E-state index contributed by atoms with van der Waals surface area (Å²) in [7, 11) is 0. The molecule has 19 heteroatoms. The van der Waals surface area contributed by atoms with Gasteiger partial charge in [-0.05, 0) is 48.4 Å². The van der Waals surface area contributed by atoms with Gasteiger partial charge in [0, 0.05) is 25.1 Å². The molecule has 0 aliphatic carbocycles. The maximum Gasteiger partial charge on any atom is 0.326 e. The van der Waals surface area contributed by atoms with E-state index in [1.807, 2.05) is 0 Å². The van der Waals surface area contributed by atoms with Gasteiger partial charge in [-0.3, -0.25) is 29.0 Å². The summed E-state index contributed by atoms with van der Waals surface area (Å²) in [6, 6.07) is 6.64. The van der Waals surface area contributed by atoms with Crippen LogP contribution < -0.4 is 43.8 Å². The van der Waals surface area contributed by atoms with Crippen molar-refractivity contribution in [2.75, 3.05) is 18.9 Å². The number of nitrogens with zero attached hydrogens (tertiary/aromatic N) is 1. The van der Waals surface area contributed by atoms with Crippen LogP contribution in [0.4, 0.5) is 0 Å². The molecule has 0 bridgehead atoms. The minimum atomic E-state index is -1.50. The number of hydrogen-bond acceptors (Lipinski definition) is 11. The molecule has 302 valence electrons. The Bertz CT molecular complexity index is 1610. The number of phenolic OH excluding ortho intramolecular Hbond substituents is 1. The number of carboxylic acid groups (broad SMARTS) is 1. The number of aliphatic hydroxyl groups is 1. The number of hydrogen-bond donors (Lipinski definition) is 12. The molecule has 14 N–H and O–H groups in total. The Kier molecular flexibility index (Phi) is 19.5. The number of phenols is 1. The first-order valence-electron chi connectivity index (χ1n) is 17.6. The molecular formula is C36H53N9O9S. The van der Waals surface area contributed by atoms with Crippen LogP contribution in [0.3, 0.4) is 0 Å². The molecule has 55 heavy (non-hydrogen) atoms. The second-order valence-electron chi connectivity index (χ2n) is 13.3. The van der Waals surface area contributed by atoms with Crippen LogP contribution in [0.2, 0.25) is 0 Å². The van der Waals surface area contributed by atoms with E-state index >= 15 is 0 Å². The molecule has 0 saturated heterocycles. The maximum absolute atomic E-state index is 14.0. The number of thiol groups is 1. The lowest BCUT2D eigenvalue weighted by Crippen LogP contribution is -2.60. The van der Waals surface area contributed by atoms with Crippen molar-refractivity contribution in [3.8, 4) is 5.75 Å². The molecule has 0 aromatic heterocycles. The molecule has 2 rings (SSSR count). The summed E-state index contributed by atoms with van der Waals surface area (Å²) in [5.41, 5.74) is 17.7. The van der Waals surface area contributed by atoms with Crippen LogP contribution in [0.25, 0.3) is 0 Å². The second-order valence-corrected chi connectivity index (χ2v) is 13.6. The molecule has 0 fully saturated rings. The zero-order valence-electron chi connectivity index (χ0n) is 30.8. The van der Waals surface area contributed by atoms with Crippen molar-refractivity contribution in [2.45, 2.75) is 82.2 Å². The van der Waals surface area contributed by atoms with Crippen molar-refractivity contribution in [2.24, 2.45) is 28.1 Å². The van der Waals surface area contributed by atoms with Crippen LogP contribution in [-0.2, 0) is 41.6 Å². The van der Waals surface area contributed by atoms with E-state index < -0.39 is 78.4 Å². The normalized spacial score (nSPS) is 14.2. The highest BCUT2D eigenvalue weighted by atomic mass is 32.1. The Morgan fingerprint density at radius 2 is 1.18 bits per heavy atom. The monoisotopic (exact) mass is 787 g/mol. The van der Waals surface area contributed by atoms with Gasteiger partial charge in [-0.25, -0.2) is 4.79 Å². The highest BCUT2D eigenvalue weighted by molar-refractivity contribution is 7.80. The Morgan fingerprint density at radius 1 is 0.709 bits per heavy atom. The number of benzene rings is 2. The van der Waals surface area contributed by atoms with Crippen molar-refractivity contribution in [1.82, 2.24) is 26.6 Å². The highest BCUT2D eigenvalue weighted by Gasteiger charge is 2.33. The number of nitrogens with one attached hydrogen (secondary N) is 5. The van der Waals surface area contributed by atoms with Crippen LogP contribution in [0.1, 0.15) is 44.2 Å². The van der Waals surface area contributed by atoms with Gasteiger partial charge in [0.1, 0.15) is 36.0 Å². The number of nitrogens with two attached hydrogens (primary N) is 3. The number of guanidine groups is 1. The summed E-state index contributed by atoms with van der Waals surface area (Å²) in [5, 5.41) is 42.1. The van der Waals surface area contributed by atoms with Gasteiger partial charge in [0.2, 0.25) is 29.5 Å². The van der Waals surface area contributed by atoms with Crippen LogP contribution >= 0.6 is 12.6 Å². The van der Waals surface area contributed by atoms with E-state index in [2.05, 4.69) is 44.2 Å². The Morgan fingerprint density at radius 3 is 1.67 bits per heavy atom. The molecule has 0 saturated carbocycles. The number of carboxylic acids is 1. The Hall–Kier alpha value is -5.40. The first kappa shape index (κ1) is 45.8. The third-order valence-electron chi connectivity index (χ3n) is 8.17. The maximum atomic E-state index is 14.0. The van der Waals surface area contributed by atoms with Gasteiger partial charge >= 0.3 is 5.97 Å². The van der Waals surface area contributed by atoms with Gasteiger partial charge in [-0.2, -0.15) is 12.6 Å². The molecule has 0 aliphatic heterocycles. The third kappa shape index (κ3) is 16.7. The SMILES string of the molecule is CC(C)C[C@H](NC(=O)[C@H](Cc1ccccc1)NC(=O)[C@H](CCCN=C(N)N)NC(=O)[C@H](Cc1ccc(O)cc1)NC(=O)[C@H](CO)NC(=O)[C@@H](N)CS)C(=O)O. The molecule has 2 aromatic rings. The Balaban J connectivity index is 2.45. The summed E-state index contributed by atoms with van der Waals surface area (Å²) < 4.78 is 0. The summed E-state index contributed by atoms with van der Waals surface area (Å²) in [4.78, 5) is 83.1. The molecule has 6 atom stereocenters. The first-order chi connectivity index (χ1) is 26.0. The van der Waals surface area contributed by atoms with Crippen molar-refractivity contribution in [3.05, 3.63) is 65.7 Å². The zero-order valence-corrected chi connectivity index (χ0v) is 31.7. The van der Waals surface area contributed by atoms with Gasteiger partial charge < -0.3 is 59.1 Å². The predicted octanol–water partition coefficient (Wildman–Crippen LogP) is -1.96. The number of aliphatic imine (C=N–C) groups is 1. The summed E-state index contributed by atoms with van der Waals surface area (Å²) >= 11 is 3.96. The number of carbonyl (C=O) groups excluding carboxylic acids is 5. The van der Waals surface area contributed by atoms with E-state index in [-0.39, 0.29) is 62.0 Å². The van der Waals surface area contributed by atoms with Crippen molar-refractivity contribution in [3.63, 3.8) is 0 Å². The topological polar surface area (TPSA) is 314 Å². The fourth-order valence-corrected chi connectivity index (χ4v) is 5.41. The average molecular weight is 788 g/mol. The minimum Gasteiger partial charge on any atom is -0.508 e. The van der Waals surface area contributed by atoms with Crippen molar-refractivity contribution < 1.29 is 44.1 Å². The molecule has 0 radical (unpaired) electrons. The Labute approximate surface area is 324 Å². The van der Waals surface area contributed by atoms with E-state index in [9.17, 15) is 44.1 Å². The van der Waals surface area contributed by atoms with Gasteiger partial charge in [0.05, 0.1) is 12.6 Å². The van der Waals surface area contributed by atoms with Crippen LogP contribution in [0.15, 0.2) is 59.6 Å². The minimum absolute atomic E-state index is 0.0220. The lowest BCUT2D eigenvalue weighted by molar-refractivity contribution is -0.142. The van der Waals surface area contributed by atoms with Gasteiger partial charge in [0.25, 0.3) is 0 Å². The van der Waals surface area contributed by atoms with E-state index in [0.29, 0.717) is 11.1 Å². The predicted molar refractivity (Wildman–Crippen MR) is 208 cm³/mol. The van der Waals surface area contributed by atoms with Gasteiger partial charge in [0.15, 0.2) is 5.96 Å². The van der Waals surface area contributed by atoms with Gasteiger partial charge in [-0.15, -0.1) is 0 Å². The summed E-state index contributed by atoms with van der Waals surface area (Å²) in [6.45, 7) is 2.84.